The van der Waals surface area contributed by atoms with E-state index in [1.165, 1.54) is 18.2 Å². The fourth-order valence-electron chi connectivity index (χ4n) is 2.74. The minimum absolute atomic E-state index is 0.149. The summed E-state index contributed by atoms with van der Waals surface area (Å²) in [6.07, 6.45) is 0.164. The molecule has 6 heteroatoms. The number of hydrogen-bond donors (Lipinski definition) is 1. The molecule has 0 aliphatic heterocycles. The number of halogens is 1. The van der Waals surface area contributed by atoms with Crippen LogP contribution in [0.4, 0.5) is 5.69 Å². The predicted octanol–water partition coefficient (Wildman–Crippen LogP) is 5.37. The van der Waals surface area contributed by atoms with E-state index in [1.54, 1.807) is 18.2 Å². The quantitative estimate of drug-likeness (QED) is 0.623. The molecule has 0 atom stereocenters. The molecule has 142 valence electrons. The van der Waals surface area contributed by atoms with Crippen molar-refractivity contribution in [3.8, 4) is 23.6 Å². The molecule has 0 aliphatic rings. The molecule has 0 fully saturated rings. The Hall–Kier alpha value is -3.80. The third-order valence-corrected chi connectivity index (χ3v) is 4.47. The zero-order valence-corrected chi connectivity index (χ0v) is 16.3. The van der Waals surface area contributed by atoms with E-state index in [0.29, 0.717) is 27.6 Å². The van der Waals surface area contributed by atoms with E-state index in [4.69, 9.17) is 26.9 Å². The van der Waals surface area contributed by atoms with E-state index in [1.807, 2.05) is 43.3 Å². The van der Waals surface area contributed by atoms with Gasteiger partial charge in [0.2, 0.25) is 5.91 Å². The number of nitrogens with one attached hydrogen (secondary N) is 1. The summed E-state index contributed by atoms with van der Waals surface area (Å²) in [6.45, 7) is 1.93. The SMILES string of the molecule is Cc1ccccc1NC(=O)Cc1ccc(Oc2cc(C#N)cc(C#N)c2)c(Cl)c1. The molecule has 1 N–H and O–H groups in total. The van der Waals surface area contributed by atoms with Crippen LogP contribution in [0.1, 0.15) is 22.3 Å². The van der Waals surface area contributed by atoms with Gasteiger partial charge < -0.3 is 10.1 Å². The van der Waals surface area contributed by atoms with Gasteiger partial charge in [-0.05, 0) is 54.4 Å². The minimum atomic E-state index is -0.149. The van der Waals surface area contributed by atoms with Crippen LogP contribution in [0.5, 0.6) is 11.5 Å². The first kappa shape index (κ1) is 19.9. The van der Waals surface area contributed by atoms with Crippen LogP contribution in [-0.2, 0) is 11.2 Å². The van der Waals surface area contributed by atoms with E-state index in [2.05, 4.69) is 5.32 Å². The molecular formula is C23H16ClN3O2. The van der Waals surface area contributed by atoms with Crippen LogP contribution in [0, 0.1) is 29.6 Å². The van der Waals surface area contributed by atoms with Crippen molar-refractivity contribution >= 4 is 23.2 Å². The Morgan fingerprint density at radius 3 is 2.34 bits per heavy atom. The number of rotatable bonds is 5. The molecule has 0 bridgehead atoms. The maximum atomic E-state index is 12.3. The second-order valence-electron chi connectivity index (χ2n) is 6.38. The van der Waals surface area contributed by atoms with Gasteiger partial charge in [0.25, 0.3) is 0 Å². The topological polar surface area (TPSA) is 85.9 Å². The van der Waals surface area contributed by atoms with Crippen molar-refractivity contribution in [2.45, 2.75) is 13.3 Å². The molecule has 0 radical (unpaired) electrons. The zero-order valence-electron chi connectivity index (χ0n) is 15.6. The van der Waals surface area contributed by atoms with Gasteiger partial charge in [0.1, 0.15) is 11.5 Å². The van der Waals surface area contributed by atoms with E-state index in [9.17, 15) is 4.79 Å². The first-order valence-corrected chi connectivity index (χ1v) is 9.13. The van der Waals surface area contributed by atoms with E-state index >= 15 is 0 Å². The van der Waals surface area contributed by atoms with Crippen LogP contribution in [0.15, 0.2) is 60.7 Å². The molecule has 29 heavy (non-hydrogen) atoms. The highest BCUT2D eigenvalue weighted by atomic mass is 35.5. The predicted molar refractivity (Wildman–Crippen MR) is 111 cm³/mol. The Morgan fingerprint density at radius 2 is 1.72 bits per heavy atom. The molecule has 3 rings (SSSR count). The summed E-state index contributed by atoms with van der Waals surface area (Å²) in [5, 5.41) is 21.3. The number of para-hydroxylation sites is 1. The Bertz CT molecular complexity index is 1130. The van der Waals surface area contributed by atoms with Crippen LogP contribution in [-0.4, -0.2) is 5.91 Å². The molecule has 0 unspecified atom stereocenters. The molecule has 3 aromatic carbocycles. The normalized spacial score (nSPS) is 9.93. The number of aryl methyl sites for hydroxylation is 1. The number of hydrogen-bond acceptors (Lipinski definition) is 4. The smallest absolute Gasteiger partial charge is 0.228 e. The van der Waals surface area contributed by atoms with Crippen molar-refractivity contribution in [2.24, 2.45) is 0 Å². The number of amides is 1. The van der Waals surface area contributed by atoms with Crippen LogP contribution in [0.2, 0.25) is 5.02 Å². The fraction of sp³-hybridized carbons (Fsp3) is 0.0870. The van der Waals surface area contributed by atoms with Gasteiger partial charge in [-0.15, -0.1) is 0 Å². The number of nitrogens with zero attached hydrogens (tertiary/aromatic N) is 2. The lowest BCUT2D eigenvalue weighted by molar-refractivity contribution is -0.115. The second-order valence-corrected chi connectivity index (χ2v) is 6.78. The molecule has 5 nitrogen and oxygen atoms in total. The fourth-order valence-corrected chi connectivity index (χ4v) is 2.99. The monoisotopic (exact) mass is 401 g/mol. The highest BCUT2D eigenvalue weighted by Crippen LogP contribution is 2.31. The average molecular weight is 402 g/mol. The lowest BCUT2D eigenvalue weighted by Crippen LogP contribution is -2.15. The van der Waals surface area contributed by atoms with Gasteiger partial charge in [0, 0.05) is 5.69 Å². The summed E-state index contributed by atoms with van der Waals surface area (Å²) in [5.41, 5.74) is 3.13. The number of carbonyl (C=O) groups excluding carboxylic acids is 1. The number of carbonyl (C=O) groups is 1. The van der Waals surface area contributed by atoms with Gasteiger partial charge in [-0.1, -0.05) is 35.9 Å². The van der Waals surface area contributed by atoms with E-state index in [-0.39, 0.29) is 12.3 Å². The zero-order chi connectivity index (χ0) is 20.8. The molecular weight excluding hydrogens is 386 g/mol. The molecule has 0 saturated carbocycles. The Labute approximate surface area is 173 Å². The molecule has 0 aliphatic carbocycles. The van der Waals surface area contributed by atoms with Gasteiger partial charge in [-0.25, -0.2) is 0 Å². The van der Waals surface area contributed by atoms with Gasteiger partial charge in [0.15, 0.2) is 0 Å². The average Bonchev–Trinajstić information content (AvgIpc) is 2.71. The molecule has 0 saturated heterocycles. The van der Waals surface area contributed by atoms with Gasteiger partial charge >= 0.3 is 0 Å². The lowest BCUT2D eigenvalue weighted by Gasteiger charge is -2.11. The Balaban J connectivity index is 1.72. The second kappa shape index (κ2) is 8.93. The van der Waals surface area contributed by atoms with Crippen LogP contribution in [0.25, 0.3) is 0 Å². The van der Waals surface area contributed by atoms with Crippen molar-refractivity contribution in [2.75, 3.05) is 5.32 Å². The summed E-state index contributed by atoms with van der Waals surface area (Å²) < 4.78 is 5.73. The lowest BCUT2D eigenvalue weighted by atomic mass is 10.1. The van der Waals surface area contributed by atoms with Crippen LogP contribution < -0.4 is 10.1 Å². The first-order valence-electron chi connectivity index (χ1n) is 8.75. The Kier molecular flexibility index (Phi) is 6.14. The molecule has 0 heterocycles. The van der Waals surface area contributed by atoms with Crippen LogP contribution in [0.3, 0.4) is 0 Å². The maximum Gasteiger partial charge on any atom is 0.228 e. The minimum Gasteiger partial charge on any atom is -0.456 e. The van der Waals surface area contributed by atoms with Gasteiger partial charge in [-0.2, -0.15) is 10.5 Å². The van der Waals surface area contributed by atoms with E-state index in [0.717, 1.165) is 16.8 Å². The highest BCUT2D eigenvalue weighted by molar-refractivity contribution is 6.32. The number of anilines is 1. The van der Waals surface area contributed by atoms with Gasteiger partial charge in [0.05, 0.1) is 34.7 Å². The number of ether oxygens (including phenoxy) is 1. The van der Waals surface area contributed by atoms with Crippen LogP contribution >= 0.6 is 11.6 Å². The number of benzene rings is 3. The molecule has 3 aromatic rings. The third kappa shape index (κ3) is 5.13. The van der Waals surface area contributed by atoms with Crippen molar-refractivity contribution in [1.82, 2.24) is 0 Å². The van der Waals surface area contributed by atoms with Crippen molar-refractivity contribution in [3.63, 3.8) is 0 Å². The van der Waals surface area contributed by atoms with Crippen molar-refractivity contribution < 1.29 is 9.53 Å². The largest absolute Gasteiger partial charge is 0.456 e. The standard InChI is InChI=1S/C23H16ClN3O2/c1-15-4-2-3-5-21(15)27-23(28)12-16-6-7-22(20(24)11-16)29-19-9-17(13-25)8-18(10-19)14-26/h2-11H,12H2,1H3,(H,27,28). The summed E-state index contributed by atoms with van der Waals surface area (Å²) in [7, 11) is 0. The summed E-state index contributed by atoms with van der Waals surface area (Å²) in [6, 6.07) is 21.1. The van der Waals surface area contributed by atoms with Gasteiger partial charge in [-0.3, -0.25) is 4.79 Å². The molecule has 0 spiro atoms. The van der Waals surface area contributed by atoms with E-state index < -0.39 is 0 Å². The maximum absolute atomic E-state index is 12.3. The Morgan fingerprint density at radius 1 is 1.03 bits per heavy atom. The highest BCUT2D eigenvalue weighted by Gasteiger charge is 2.10. The summed E-state index contributed by atoms with van der Waals surface area (Å²) in [4.78, 5) is 12.3. The molecule has 1 amide bonds. The van der Waals surface area contributed by atoms with Crippen molar-refractivity contribution in [1.29, 1.82) is 10.5 Å². The first-order chi connectivity index (χ1) is 14.0. The summed E-state index contributed by atoms with van der Waals surface area (Å²) in [5.74, 6) is 0.561. The number of nitriles is 2. The van der Waals surface area contributed by atoms with Crippen molar-refractivity contribution in [3.05, 3.63) is 87.9 Å². The third-order valence-electron chi connectivity index (χ3n) is 4.17. The molecule has 0 aromatic heterocycles. The summed E-state index contributed by atoms with van der Waals surface area (Å²) >= 11 is 6.31.